The Bertz CT molecular complexity index is 686. The maximum atomic E-state index is 11.9. The first-order valence-electron chi connectivity index (χ1n) is 7.68. The van der Waals surface area contributed by atoms with E-state index in [2.05, 4.69) is 10.5 Å². The predicted octanol–water partition coefficient (Wildman–Crippen LogP) is -0.713. The number of hydrogen-bond donors (Lipinski definition) is 4. The monoisotopic (exact) mass is 348 g/mol. The highest BCUT2D eigenvalue weighted by Crippen LogP contribution is 2.18. The molecule has 0 saturated heterocycles. The SMILES string of the molecule is CC(=O)N[C@H]1/C(=N/OC(=O)Cc2ccccc2)C=C(CO)[C@@H](O)[C@@H]1O. The number of aliphatic hydroxyl groups excluding tert-OH is 3. The third-order valence-corrected chi connectivity index (χ3v) is 3.68. The van der Waals surface area contributed by atoms with Crippen LogP contribution in [0.5, 0.6) is 0 Å². The van der Waals surface area contributed by atoms with Gasteiger partial charge in [0.1, 0.15) is 24.0 Å². The first-order chi connectivity index (χ1) is 11.9. The van der Waals surface area contributed by atoms with Gasteiger partial charge in [-0.15, -0.1) is 0 Å². The molecule has 8 heteroatoms. The maximum absolute atomic E-state index is 11.9. The molecule has 0 aromatic heterocycles. The number of oxime groups is 1. The molecular formula is C17H20N2O6. The van der Waals surface area contributed by atoms with Crippen LogP contribution in [0.4, 0.5) is 0 Å². The molecule has 134 valence electrons. The van der Waals surface area contributed by atoms with E-state index >= 15 is 0 Å². The first kappa shape index (κ1) is 18.8. The van der Waals surface area contributed by atoms with Gasteiger partial charge in [-0.3, -0.25) is 4.79 Å². The molecule has 3 atom stereocenters. The number of hydrogen-bond acceptors (Lipinski definition) is 7. The van der Waals surface area contributed by atoms with Crippen molar-refractivity contribution in [2.75, 3.05) is 6.61 Å². The van der Waals surface area contributed by atoms with E-state index in [4.69, 9.17) is 4.84 Å². The van der Waals surface area contributed by atoms with Gasteiger partial charge in [-0.05, 0) is 17.2 Å². The summed E-state index contributed by atoms with van der Waals surface area (Å²) in [6, 6.07) is 7.86. The Kier molecular flexibility index (Phi) is 6.40. The number of rotatable bonds is 5. The minimum absolute atomic E-state index is 0.00414. The summed E-state index contributed by atoms with van der Waals surface area (Å²) in [6.45, 7) is 0.728. The molecule has 1 aliphatic rings. The van der Waals surface area contributed by atoms with Crippen molar-refractivity contribution in [2.24, 2.45) is 5.16 Å². The number of benzene rings is 1. The molecule has 8 nitrogen and oxygen atoms in total. The van der Waals surface area contributed by atoms with E-state index < -0.39 is 36.7 Å². The topological polar surface area (TPSA) is 128 Å². The fourth-order valence-corrected chi connectivity index (χ4v) is 2.44. The van der Waals surface area contributed by atoms with Crippen LogP contribution in [-0.2, 0) is 20.8 Å². The Hall–Kier alpha value is -2.55. The highest BCUT2D eigenvalue weighted by atomic mass is 16.7. The molecule has 1 aromatic rings. The van der Waals surface area contributed by atoms with Crippen LogP contribution in [0.15, 0.2) is 47.1 Å². The van der Waals surface area contributed by atoms with Crippen LogP contribution in [0, 0.1) is 0 Å². The van der Waals surface area contributed by atoms with Gasteiger partial charge in [0.2, 0.25) is 5.91 Å². The molecule has 1 amide bonds. The second-order valence-corrected chi connectivity index (χ2v) is 5.63. The summed E-state index contributed by atoms with van der Waals surface area (Å²) in [7, 11) is 0. The van der Waals surface area contributed by atoms with Crippen molar-refractivity contribution in [2.45, 2.75) is 31.6 Å². The molecule has 0 unspecified atom stereocenters. The summed E-state index contributed by atoms with van der Waals surface area (Å²) in [5, 5.41) is 35.4. The molecule has 0 radical (unpaired) electrons. The van der Waals surface area contributed by atoms with Crippen molar-refractivity contribution < 1.29 is 29.7 Å². The highest BCUT2D eigenvalue weighted by Gasteiger charge is 2.37. The normalized spacial score (nSPS) is 24.6. The van der Waals surface area contributed by atoms with Gasteiger partial charge in [0.05, 0.1) is 13.0 Å². The number of carbonyl (C=O) groups excluding carboxylic acids is 2. The Balaban J connectivity index is 2.16. The smallest absolute Gasteiger partial charge is 0.339 e. The fraction of sp³-hybridized carbons (Fsp3) is 0.353. The molecule has 0 bridgehead atoms. The summed E-state index contributed by atoms with van der Waals surface area (Å²) >= 11 is 0. The van der Waals surface area contributed by atoms with E-state index in [9.17, 15) is 24.9 Å². The largest absolute Gasteiger partial charge is 0.392 e. The molecule has 1 aromatic carbocycles. The van der Waals surface area contributed by atoms with Crippen LogP contribution in [-0.4, -0.2) is 57.8 Å². The zero-order valence-electron chi connectivity index (χ0n) is 13.6. The van der Waals surface area contributed by atoms with Crippen LogP contribution >= 0.6 is 0 Å². The van der Waals surface area contributed by atoms with Crippen LogP contribution < -0.4 is 5.32 Å². The van der Waals surface area contributed by atoms with Crippen molar-refractivity contribution >= 4 is 17.6 Å². The number of nitrogens with zero attached hydrogens (tertiary/aromatic N) is 1. The van der Waals surface area contributed by atoms with Crippen LogP contribution in [0.25, 0.3) is 0 Å². The molecule has 0 spiro atoms. The zero-order chi connectivity index (χ0) is 18.4. The standard InChI is InChI=1S/C17H20N2O6/c1-10(21)18-15-13(8-12(9-20)16(23)17(15)24)19-25-14(22)7-11-5-3-2-4-6-11/h2-6,8,15-17,20,23-24H,7,9H2,1H3,(H,18,21)/b19-13+/t15-,16+,17+/m0/s1. The lowest BCUT2D eigenvalue weighted by Crippen LogP contribution is -2.55. The molecule has 0 heterocycles. The maximum Gasteiger partial charge on any atom is 0.339 e. The lowest BCUT2D eigenvalue weighted by atomic mass is 9.88. The quantitative estimate of drug-likeness (QED) is 0.411. The van der Waals surface area contributed by atoms with Crippen molar-refractivity contribution in [3.05, 3.63) is 47.5 Å². The van der Waals surface area contributed by atoms with Gasteiger partial charge in [-0.1, -0.05) is 35.5 Å². The molecule has 0 aliphatic heterocycles. The lowest BCUT2D eigenvalue weighted by Gasteiger charge is -2.32. The van der Waals surface area contributed by atoms with E-state index in [0.29, 0.717) is 0 Å². The average molecular weight is 348 g/mol. The third-order valence-electron chi connectivity index (χ3n) is 3.68. The van der Waals surface area contributed by atoms with E-state index in [1.165, 1.54) is 13.0 Å². The lowest BCUT2D eigenvalue weighted by molar-refractivity contribution is -0.142. The van der Waals surface area contributed by atoms with Crippen LogP contribution in [0.1, 0.15) is 12.5 Å². The molecule has 25 heavy (non-hydrogen) atoms. The van der Waals surface area contributed by atoms with Gasteiger partial charge in [-0.25, -0.2) is 4.79 Å². The van der Waals surface area contributed by atoms with Gasteiger partial charge < -0.3 is 25.5 Å². The molecule has 1 aliphatic carbocycles. The van der Waals surface area contributed by atoms with Crippen molar-refractivity contribution in [1.29, 1.82) is 0 Å². The van der Waals surface area contributed by atoms with E-state index in [0.717, 1.165) is 5.56 Å². The molecule has 0 fully saturated rings. The summed E-state index contributed by atoms with van der Waals surface area (Å²) in [6.07, 6.45) is -1.50. The summed E-state index contributed by atoms with van der Waals surface area (Å²) in [5.41, 5.74) is 0.877. The second kappa shape index (κ2) is 8.52. The van der Waals surface area contributed by atoms with Crippen LogP contribution in [0.2, 0.25) is 0 Å². The van der Waals surface area contributed by atoms with E-state index in [1.807, 2.05) is 6.07 Å². The van der Waals surface area contributed by atoms with Gasteiger partial charge in [-0.2, -0.15) is 0 Å². The van der Waals surface area contributed by atoms with Gasteiger partial charge in [0.15, 0.2) is 0 Å². The van der Waals surface area contributed by atoms with E-state index in [-0.39, 0.29) is 17.7 Å². The van der Waals surface area contributed by atoms with Crippen molar-refractivity contribution in [3.63, 3.8) is 0 Å². The molecule has 2 rings (SSSR count). The Labute approximate surface area is 144 Å². The number of carbonyl (C=O) groups is 2. The highest BCUT2D eigenvalue weighted by molar-refractivity contribution is 6.03. The minimum Gasteiger partial charge on any atom is -0.392 e. The summed E-state index contributed by atoms with van der Waals surface area (Å²) in [4.78, 5) is 28.0. The van der Waals surface area contributed by atoms with E-state index in [1.54, 1.807) is 24.3 Å². The van der Waals surface area contributed by atoms with Crippen LogP contribution in [0.3, 0.4) is 0 Å². The third kappa shape index (κ3) is 4.96. The molecule has 0 saturated carbocycles. The minimum atomic E-state index is -1.43. The number of nitrogens with one attached hydrogen (secondary N) is 1. The van der Waals surface area contributed by atoms with Gasteiger partial charge >= 0.3 is 5.97 Å². The van der Waals surface area contributed by atoms with Gasteiger partial charge in [0.25, 0.3) is 0 Å². The van der Waals surface area contributed by atoms with Gasteiger partial charge in [0, 0.05) is 6.92 Å². The molecular weight excluding hydrogens is 328 g/mol. The first-order valence-corrected chi connectivity index (χ1v) is 7.68. The van der Waals surface area contributed by atoms with Crippen molar-refractivity contribution in [3.8, 4) is 0 Å². The zero-order valence-corrected chi connectivity index (χ0v) is 13.6. The Morgan fingerprint density at radius 1 is 1.24 bits per heavy atom. The second-order valence-electron chi connectivity index (χ2n) is 5.63. The molecule has 4 N–H and O–H groups in total. The summed E-state index contributed by atoms with van der Waals surface area (Å²) in [5.74, 6) is -1.08. The number of amides is 1. The Morgan fingerprint density at radius 3 is 2.52 bits per heavy atom. The van der Waals surface area contributed by atoms with Crippen molar-refractivity contribution in [1.82, 2.24) is 5.32 Å². The average Bonchev–Trinajstić information content (AvgIpc) is 2.59. The summed E-state index contributed by atoms with van der Waals surface area (Å²) < 4.78 is 0. The predicted molar refractivity (Wildman–Crippen MR) is 88.5 cm³/mol. The fourth-order valence-electron chi connectivity index (χ4n) is 2.44. The Morgan fingerprint density at radius 2 is 1.92 bits per heavy atom. The number of aliphatic hydroxyl groups is 3.